The summed E-state index contributed by atoms with van der Waals surface area (Å²) < 4.78 is 26.4. The van der Waals surface area contributed by atoms with Gasteiger partial charge in [0.25, 0.3) is 17.4 Å². The molecule has 6 rings (SSSR count). The number of carbonyl (C=O) groups excluding carboxylic acids is 5. The number of hydrogen-bond donors (Lipinski definition) is 3. The number of esters is 1. The SMILES string of the molecule is CC[C@@]1(O)C(=O)OCc2c1cc1n(c2=O)Cc2c-1nc1cc(F)c(N)cc1c2/C=N/C(=O)OCCSSCCNC(=O)CCN1C(=O)C=CC1=O. The van der Waals surface area contributed by atoms with Crippen molar-refractivity contribution in [2.45, 2.75) is 38.5 Å². The van der Waals surface area contributed by atoms with Gasteiger partial charge in [0.05, 0.1) is 34.7 Å². The Hall–Kier alpha value is -5.07. The van der Waals surface area contributed by atoms with Crippen molar-refractivity contribution < 1.29 is 42.9 Å². The maximum Gasteiger partial charge on any atom is 0.433 e. The van der Waals surface area contributed by atoms with E-state index in [1.807, 2.05) is 0 Å². The van der Waals surface area contributed by atoms with Crippen LogP contribution in [0, 0.1) is 5.82 Å². The van der Waals surface area contributed by atoms with Gasteiger partial charge in [-0.1, -0.05) is 28.5 Å². The van der Waals surface area contributed by atoms with Gasteiger partial charge in [0.1, 0.15) is 19.0 Å². The number of aliphatic hydroxyl groups is 1. The van der Waals surface area contributed by atoms with Gasteiger partial charge in [-0.2, -0.15) is 4.99 Å². The van der Waals surface area contributed by atoms with E-state index in [-0.39, 0.29) is 73.1 Å². The number of amides is 4. The van der Waals surface area contributed by atoms with Crippen LogP contribution in [0.15, 0.2) is 40.1 Å². The summed E-state index contributed by atoms with van der Waals surface area (Å²) >= 11 is 0. The first-order valence-electron chi connectivity index (χ1n) is 15.8. The van der Waals surface area contributed by atoms with E-state index >= 15 is 0 Å². The molecular formula is C33H31FN6O9S2. The van der Waals surface area contributed by atoms with Crippen LogP contribution in [0.2, 0.25) is 0 Å². The van der Waals surface area contributed by atoms with E-state index in [0.717, 1.165) is 23.1 Å². The lowest BCUT2D eigenvalue weighted by Gasteiger charge is -2.31. The van der Waals surface area contributed by atoms with Crippen molar-refractivity contribution in [3.63, 3.8) is 0 Å². The maximum atomic E-state index is 14.6. The van der Waals surface area contributed by atoms with Crippen LogP contribution in [0.3, 0.4) is 0 Å². The Labute approximate surface area is 296 Å². The minimum Gasteiger partial charge on any atom is -0.458 e. The normalized spacial score (nSPS) is 17.5. The van der Waals surface area contributed by atoms with Crippen molar-refractivity contribution in [2.75, 3.05) is 36.9 Å². The van der Waals surface area contributed by atoms with Gasteiger partial charge in [-0.05, 0) is 18.6 Å². The van der Waals surface area contributed by atoms with E-state index in [0.29, 0.717) is 40.3 Å². The number of aromatic nitrogens is 2. The number of rotatable bonds is 12. The van der Waals surface area contributed by atoms with Crippen LogP contribution in [0.5, 0.6) is 0 Å². The quantitative estimate of drug-likeness (QED) is 0.0476. The molecule has 266 valence electrons. The molecule has 15 nitrogen and oxygen atoms in total. The van der Waals surface area contributed by atoms with Crippen LogP contribution in [-0.2, 0) is 47.4 Å². The van der Waals surface area contributed by atoms with Crippen LogP contribution < -0.4 is 16.6 Å². The number of fused-ring (bicyclic) bond motifs is 5. The Balaban J connectivity index is 1.08. The van der Waals surface area contributed by atoms with Crippen molar-refractivity contribution in [3.05, 3.63) is 68.8 Å². The largest absolute Gasteiger partial charge is 0.458 e. The Bertz CT molecular complexity index is 2100. The lowest BCUT2D eigenvalue weighted by molar-refractivity contribution is -0.172. The summed E-state index contributed by atoms with van der Waals surface area (Å²) in [4.78, 5) is 83.4. The van der Waals surface area contributed by atoms with E-state index in [1.165, 1.54) is 44.5 Å². The highest BCUT2D eigenvalue weighted by Crippen LogP contribution is 2.40. The molecule has 0 fully saturated rings. The molecule has 0 saturated heterocycles. The number of nitrogen functional groups attached to an aromatic ring is 1. The fourth-order valence-electron chi connectivity index (χ4n) is 5.92. The van der Waals surface area contributed by atoms with E-state index in [4.69, 9.17) is 15.2 Å². The molecule has 1 atom stereocenters. The highest BCUT2D eigenvalue weighted by Gasteiger charge is 2.45. The number of nitrogens with zero attached hydrogens (tertiary/aromatic N) is 4. The van der Waals surface area contributed by atoms with Gasteiger partial charge in [0, 0.05) is 77.5 Å². The molecular weight excluding hydrogens is 708 g/mol. The highest BCUT2D eigenvalue weighted by atomic mass is 33.1. The van der Waals surface area contributed by atoms with E-state index in [9.17, 15) is 38.3 Å². The van der Waals surface area contributed by atoms with Gasteiger partial charge < -0.3 is 30.2 Å². The number of nitrogens with one attached hydrogen (secondary N) is 1. The average molecular weight is 739 g/mol. The number of halogens is 1. The first kappa shape index (κ1) is 35.7. The third kappa shape index (κ3) is 6.98. The molecule has 3 aliphatic heterocycles. The number of cyclic esters (lactones) is 1. The number of aliphatic imine (C=N–C) groups is 1. The minimum atomic E-state index is -2.03. The zero-order valence-electron chi connectivity index (χ0n) is 27.1. The minimum absolute atomic E-state index is 0.00398. The Morgan fingerprint density at radius 1 is 1.16 bits per heavy atom. The van der Waals surface area contributed by atoms with E-state index in [2.05, 4.69) is 15.3 Å². The number of hydrogen-bond acceptors (Lipinski definition) is 13. The van der Waals surface area contributed by atoms with Crippen LogP contribution in [-0.4, -0.2) is 86.8 Å². The molecule has 0 unspecified atom stereocenters. The predicted molar refractivity (Wildman–Crippen MR) is 186 cm³/mol. The van der Waals surface area contributed by atoms with Crippen LogP contribution >= 0.6 is 21.6 Å². The van der Waals surface area contributed by atoms with Gasteiger partial charge in [-0.3, -0.25) is 24.1 Å². The van der Waals surface area contributed by atoms with Crippen molar-refractivity contribution in [1.29, 1.82) is 0 Å². The number of anilines is 1. The van der Waals surface area contributed by atoms with Gasteiger partial charge in [0.15, 0.2) is 5.60 Å². The first-order chi connectivity index (χ1) is 24.4. The standard InChI is InChI=1S/C33H31FN6O9S2/c1-2-33(47)21-12-25-29-19(15-40(25)30(44)20(21)16-49-31(33)45)18(17-11-23(35)22(34)13-24(17)38-29)14-37-32(46)48-8-10-51-50-9-6-36-26(41)5-7-39-27(42)3-4-28(39)43/h3-4,11-14,47H,2,5-10,15-16,35H2,1H3,(H,36,41)/b37-14+/t33-/m0/s1. The third-order valence-electron chi connectivity index (χ3n) is 8.60. The summed E-state index contributed by atoms with van der Waals surface area (Å²) in [7, 11) is 2.86. The number of pyridine rings is 2. The number of benzene rings is 1. The Kier molecular flexibility index (Phi) is 10.3. The summed E-state index contributed by atoms with van der Waals surface area (Å²) in [5, 5.41) is 14.2. The van der Waals surface area contributed by atoms with Crippen molar-refractivity contribution >= 4 is 74.2 Å². The lowest BCUT2D eigenvalue weighted by Crippen LogP contribution is -2.44. The summed E-state index contributed by atoms with van der Waals surface area (Å²) in [5.41, 5.74) is 5.08. The molecule has 2 aromatic heterocycles. The summed E-state index contributed by atoms with van der Waals surface area (Å²) in [6, 6.07) is 4.03. The molecule has 0 saturated carbocycles. The molecule has 1 aromatic carbocycles. The number of nitrogens with two attached hydrogens (primary N) is 1. The summed E-state index contributed by atoms with van der Waals surface area (Å²) in [6.45, 7) is 1.71. The molecule has 51 heavy (non-hydrogen) atoms. The lowest BCUT2D eigenvalue weighted by atomic mass is 9.86. The van der Waals surface area contributed by atoms with Crippen molar-refractivity contribution in [1.82, 2.24) is 19.8 Å². The van der Waals surface area contributed by atoms with E-state index < -0.39 is 40.9 Å². The molecule has 3 aromatic rings. The molecule has 4 N–H and O–H groups in total. The molecule has 0 aliphatic carbocycles. The number of ether oxygens (including phenoxy) is 2. The molecule has 18 heteroatoms. The molecule has 0 spiro atoms. The predicted octanol–water partition coefficient (Wildman–Crippen LogP) is 2.17. The Morgan fingerprint density at radius 2 is 1.90 bits per heavy atom. The maximum absolute atomic E-state index is 14.6. The van der Waals surface area contributed by atoms with Crippen LogP contribution in [0.4, 0.5) is 14.9 Å². The van der Waals surface area contributed by atoms with Crippen LogP contribution in [0.1, 0.15) is 42.0 Å². The summed E-state index contributed by atoms with van der Waals surface area (Å²) in [5.74, 6) is -1.76. The van der Waals surface area contributed by atoms with Crippen molar-refractivity contribution in [2.24, 2.45) is 4.99 Å². The van der Waals surface area contributed by atoms with Gasteiger partial charge in [-0.25, -0.2) is 19.0 Å². The van der Waals surface area contributed by atoms with Crippen molar-refractivity contribution in [3.8, 4) is 11.4 Å². The van der Waals surface area contributed by atoms with Crippen LogP contribution in [0.25, 0.3) is 22.3 Å². The number of imide groups is 1. The first-order valence-corrected chi connectivity index (χ1v) is 18.3. The Morgan fingerprint density at radius 3 is 2.65 bits per heavy atom. The van der Waals surface area contributed by atoms with Gasteiger partial charge in [-0.15, -0.1) is 0 Å². The molecule has 5 heterocycles. The third-order valence-corrected chi connectivity index (χ3v) is 11.0. The molecule has 3 aliphatic rings. The molecule has 0 radical (unpaired) electrons. The highest BCUT2D eigenvalue weighted by molar-refractivity contribution is 8.76. The topological polar surface area (TPSA) is 213 Å². The molecule has 0 bridgehead atoms. The van der Waals surface area contributed by atoms with Gasteiger partial charge in [0.2, 0.25) is 5.91 Å². The fraction of sp³-hybridized carbons (Fsp3) is 0.333. The second kappa shape index (κ2) is 14.7. The average Bonchev–Trinajstić information content (AvgIpc) is 3.64. The second-order valence-electron chi connectivity index (χ2n) is 11.6. The number of carbonyl (C=O) groups is 5. The van der Waals surface area contributed by atoms with Gasteiger partial charge >= 0.3 is 12.1 Å². The zero-order valence-corrected chi connectivity index (χ0v) is 28.7. The smallest absolute Gasteiger partial charge is 0.433 e. The fourth-order valence-corrected chi connectivity index (χ4v) is 7.65. The second-order valence-corrected chi connectivity index (χ2v) is 14.3. The molecule has 4 amide bonds. The monoisotopic (exact) mass is 738 g/mol. The summed E-state index contributed by atoms with van der Waals surface area (Å²) in [6.07, 6.45) is 2.66. The zero-order chi connectivity index (χ0) is 36.4. The van der Waals surface area contributed by atoms with E-state index in [1.54, 1.807) is 6.92 Å².